The number of nitrogens with one attached hydrogen (secondary N) is 1. The van der Waals surface area contributed by atoms with Gasteiger partial charge in [-0.3, -0.25) is 5.41 Å². The third-order valence-electron chi connectivity index (χ3n) is 4.31. The summed E-state index contributed by atoms with van der Waals surface area (Å²) >= 11 is 3.38. The second-order valence-corrected chi connectivity index (χ2v) is 6.65. The van der Waals surface area contributed by atoms with Crippen LogP contribution in [0.1, 0.15) is 17.0 Å². The first-order chi connectivity index (χ1) is 12.1. The van der Waals surface area contributed by atoms with Crippen molar-refractivity contribution in [3.8, 4) is 11.8 Å². The number of halogens is 1. The largest absolute Gasteiger partial charge is 0.441 e. The van der Waals surface area contributed by atoms with Crippen molar-refractivity contribution in [2.24, 2.45) is 5.92 Å². The smallest absolute Gasteiger partial charge is 0.343 e. The van der Waals surface area contributed by atoms with Gasteiger partial charge < -0.3 is 9.15 Å². The normalized spacial score (nSPS) is 19.1. The van der Waals surface area contributed by atoms with E-state index < -0.39 is 17.5 Å². The molecule has 0 saturated heterocycles. The Balaban J connectivity index is 2.06. The fraction of sp³-hybridized carbons (Fsp3) is 0.105. The molecule has 2 aromatic carbocycles. The lowest BCUT2D eigenvalue weighted by Gasteiger charge is -2.29. The maximum absolute atomic E-state index is 12.7. The first-order valence-corrected chi connectivity index (χ1v) is 8.36. The summed E-state index contributed by atoms with van der Waals surface area (Å²) in [6, 6.07) is 16.4. The maximum Gasteiger partial charge on any atom is 0.343 e. The molecule has 1 aromatic heterocycles. The summed E-state index contributed by atoms with van der Waals surface area (Å²) in [6.45, 7) is 0. The number of nitrogens with zero attached hydrogens (tertiary/aromatic N) is 1. The van der Waals surface area contributed by atoms with Crippen molar-refractivity contribution in [3.05, 3.63) is 74.6 Å². The molecule has 1 N–H and O–H groups in total. The highest BCUT2D eigenvalue weighted by molar-refractivity contribution is 9.10. The van der Waals surface area contributed by atoms with Gasteiger partial charge in [-0.2, -0.15) is 5.26 Å². The van der Waals surface area contributed by atoms with Gasteiger partial charge in [-0.1, -0.05) is 40.2 Å². The number of ether oxygens (including phenoxy) is 1. The first kappa shape index (κ1) is 15.6. The van der Waals surface area contributed by atoms with E-state index in [1.165, 1.54) is 0 Å². The lowest BCUT2D eigenvalue weighted by molar-refractivity contribution is 0.431. The second-order valence-electron chi connectivity index (χ2n) is 5.73. The topological polar surface area (TPSA) is 87.1 Å². The molecule has 0 amide bonds. The molecule has 5 nitrogen and oxygen atoms in total. The minimum atomic E-state index is -0.891. The van der Waals surface area contributed by atoms with Crippen molar-refractivity contribution >= 4 is 32.8 Å². The summed E-state index contributed by atoms with van der Waals surface area (Å²) in [5.41, 5.74) is 0.883. The van der Waals surface area contributed by atoms with Crippen LogP contribution in [0.5, 0.6) is 5.75 Å². The van der Waals surface area contributed by atoms with Crippen LogP contribution in [0.3, 0.4) is 0 Å². The molecule has 1 aliphatic rings. The Morgan fingerprint density at radius 1 is 1.12 bits per heavy atom. The fourth-order valence-corrected chi connectivity index (χ4v) is 3.43. The number of hydrogen-bond acceptors (Lipinski definition) is 5. The maximum atomic E-state index is 12.7. The van der Waals surface area contributed by atoms with Crippen LogP contribution >= 0.6 is 15.9 Å². The number of para-hydroxylation sites is 1. The summed E-state index contributed by atoms with van der Waals surface area (Å²) in [7, 11) is 0. The summed E-state index contributed by atoms with van der Waals surface area (Å²) in [4.78, 5) is 12.7. The zero-order valence-corrected chi connectivity index (χ0v) is 14.4. The molecule has 122 valence electrons. The van der Waals surface area contributed by atoms with Crippen molar-refractivity contribution in [3.63, 3.8) is 0 Å². The van der Waals surface area contributed by atoms with Crippen LogP contribution in [0.25, 0.3) is 11.0 Å². The molecule has 1 aliphatic heterocycles. The molecular weight excluding hydrogens is 384 g/mol. The molecule has 2 heterocycles. The molecule has 4 rings (SSSR count). The highest BCUT2D eigenvalue weighted by atomic mass is 79.9. The van der Waals surface area contributed by atoms with Crippen LogP contribution < -0.4 is 10.4 Å². The first-order valence-electron chi connectivity index (χ1n) is 7.57. The predicted molar refractivity (Wildman–Crippen MR) is 95.9 cm³/mol. The second kappa shape index (κ2) is 5.87. The van der Waals surface area contributed by atoms with Gasteiger partial charge in [0.2, 0.25) is 5.90 Å². The van der Waals surface area contributed by atoms with E-state index in [4.69, 9.17) is 14.6 Å². The van der Waals surface area contributed by atoms with Gasteiger partial charge in [-0.05, 0) is 29.8 Å². The van der Waals surface area contributed by atoms with E-state index in [1.54, 1.807) is 24.3 Å². The van der Waals surface area contributed by atoms with E-state index in [9.17, 15) is 10.1 Å². The molecule has 0 saturated carbocycles. The molecule has 25 heavy (non-hydrogen) atoms. The third-order valence-corrected chi connectivity index (χ3v) is 4.83. The highest BCUT2D eigenvalue weighted by Gasteiger charge is 2.40. The Labute approximate surface area is 151 Å². The minimum Gasteiger partial charge on any atom is -0.441 e. The van der Waals surface area contributed by atoms with Gasteiger partial charge >= 0.3 is 5.63 Å². The monoisotopic (exact) mass is 394 g/mol. The average Bonchev–Trinajstić information content (AvgIpc) is 2.61. The number of hydrogen-bond donors (Lipinski definition) is 1. The van der Waals surface area contributed by atoms with Crippen LogP contribution in [0.2, 0.25) is 0 Å². The van der Waals surface area contributed by atoms with Crippen LogP contribution in [-0.2, 0) is 0 Å². The van der Waals surface area contributed by atoms with Crippen LogP contribution in [0, 0.1) is 22.7 Å². The van der Waals surface area contributed by atoms with E-state index >= 15 is 0 Å². The quantitative estimate of drug-likeness (QED) is 0.626. The van der Waals surface area contributed by atoms with Gasteiger partial charge in [0.15, 0.2) is 5.75 Å². The molecule has 3 aromatic rings. The molecule has 6 heteroatoms. The zero-order chi connectivity index (χ0) is 17.6. The predicted octanol–water partition coefficient (Wildman–Crippen LogP) is 4.20. The van der Waals surface area contributed by atoms with Crippen molar-refractivity contribution in [2.45, 2.75) is 5.92 Å². The van der Waals surface area contributed by atoms with Crippen LogP contribution in [0.4, 0.5) is 0 Å². The van der Waals surface area contributed by atoms with Gasteiger partial charge in [-0.25, -0.2) is 4.79 Å². The minimum absolute atomic E-state index is 0.168. The van der Waals surface area contributed by atoms with Gasteiger partial charge in [0.25, 0.3) is 0 Å². The Morgan fingerprint density at radius 2 is 1.84 bits per heavy atom. The Kier molecular flexibility index (Phi) is 3.66. The van der Waals surface area contributed by atoms with Gasteiger partial charge in [0, 0.05) is 10.4 Å². The van der Waals surface area contributed by atoms with Crippen molar-refractivity contribution in [2.75, 3.05) is 0 Å². The fourth-order valence-electron chi connectivity index (χ4n) is 3.17. The Bertz CT molecular complexity index is 1100. The molecule has 0 aliphatic carbocycles. The van der Waals surface area contributed by atoms with E-state index in [0.717, 1.165) is 10.0 Å². The average molecular weight is 395 g/mol. The standard InChI is InChI=1S/C19H11BrN2O3/c20-11-7-5-10(6-8-11)15-13(9-21)18(22)25-17-12-3-1-2-4-14(12)24-19(23)16(15)17/h1-8,13,15,22H/t13-,15-/m0/s1. The molecule has 2 atom stereocenters. The van der Waals surface area contributed by atoms with Crippen molar-refractivity contribution in [1.29, 1.82) is 10.7 Å². The molecule has 0 bridgehead atoms. The lowest BCUT2D eigenvalue weighted by Crippen LogP contribution is -2.34. The van der Waals surface area contributed by atoms with Crippen molar-refractivity contribution < 1.29 is 9.15 Å². The SMILES string of the molecule is N#C[C@@H]1C(=N)Oc2c(c(=O)oc3ccccc23)[C@H]1c1ccc(Br)cc1. The van der Waals surface area contributed by atoms with Gasteiger partial charge in [0.05, 0.1) is 17.0 Å². The number of benzene rings is 2. The number of fused-ring (bicyclic) bond motifs is 3. The van der Waals surface area contributed by atoms with E-state index in [-0.39, 0.29) is 11.5 Å². The zero-order valence-electron chi connectivity index (χ0n) is 12.8. The molecule has 0 spiro atoms. The van der Waals surface area contributed by atoms with Gasteiger partial charge in [-0.15, -0.1) is 0 Å². The summed E-state index contributed by atoms with van der Waals surface area (Å²) < 4.78 is 11.9. The summed E-state index contributed by atoms with van der Waals surface area (Å²) in [5, 5.41) is 18.3. The van der Waals surface area contributed by atoms with Crippen LogP contribution in [0.15, 0.2) is 62.2 Å². The number of rotatable bonds is 1. The van der Waals surface area contributed by atoms with Crippen molar-refractivity contribution in [1.82, 2.24) is 0 Å². The molecule has 0 fully saturated rings. The summed E-state index contributed by atoms with van der Waals surface area (Å²) in [5.74, 6) is -1.37. The molecule has 0 radical (unpaired) electrons. The highest BCUT2D eigenvalue weighted by Crippen LogP contribution is 2.43. The third kappa shape index (κ3) is 2.44. The Morgan fingerprint density at radius 3 is 2.56 bits per heavy atom. The van der Waals surface area contributed by atoms with E-state index in [2.05, 4.69) is 22.0 Å². The Hall–Kier alpha value is -2.91. The lowest BCUT2D eigenvalue weighted by atomic mass is 9.79. The molecular formula is C19H11BrN2O3. The van der Waals surface area contributed by atoms with Gasteiger partial charge in [0.1, 0.15) is 11.5 Å². The van der Waals surface area contributed by atoms with E-state index in [0.29, 0.717) is 16.7 Å². The van der Waals surface area contributed by atoms with E-state index in [1.807, 2.05) is 24.3 Å². The van der Waals surface area contributed by atoms with Crippen LogP contribution in [-0.4, -0.2) is 5.90 Å². The molecule has 0 unspecified atom stereocenters. The number of nitriles is 1. The summed E-state index contributed by atoms with van der Waals surface area (Å²) in [6.07, 6.45) is 0.